The van der Waals surface area contributed by atoms with E-state index in [9.17, 15) is 5.11 Å². The molecule has 2 heterocycles. The maximum atomic E-state index is 10.4. The van der Waals surface area contributed by atoms with E-state index in [-0.39, 0.29) is 11.7 Å². The fraction of sp³-hybridized carbons (Fsp3) is 0.931. The monoisotopic (exact) mass is 439 g/mol. The molecule has 5 saturated carbocycles. The van der Waals surface area contributed by atoms with Gasteiger partial charge in [0.05, 0.1) is 17.8 Å². The topological polar surface area (TPSA) is 32.7 Å². The molecule has 2 spiro atoms. The van der Waals surface area contributed by atoms with Gasteiger partial charge in [0.1, 0.15) is 0 Å². The lowest BCUT2D eigenvalue weighted by Gasteiger charge is -2.73. The van der Waals surface area contributed by atoms with Crippen molar-refractivity contribution in [2.24, 2.45) is 45.8 Å². The first-order valence-electron chi connectivity index (χ1n) is 13.9. The predicted molar refractivity (Wildman–Crippen MR) is 127 cm³/mol. The first-order valence-corrected chi connectivity index (χ1v) is 13.9. The molecule has 6 aliphatic carbocycles. The van der Waals surface area contributed by atoms with E-state index in [1.165, 1.54) is 51.5 Å². The molecule has 8 aliphatic rings. The van der Waals surface area contributed by atoms with Gasteiger partial charge >= 0.3 is 0 Å². The molecular formula is C29H45NO2. The standard InChI is InChI=1S/C29H45NO2/c1-17-12-23-25(30(5)15-17)18(2)29(32-23)11-10-28-16-27(29,4)24(28)14-22-21(28)7-6-19-13-20(31)8-9-26(19,22)3/h6,17-18,20-25,31H,7-16H2,1-5H3/t17-,18+,20-,21+,22-,23+,24?,25-,26-,27?,28?,29+/m0/s1. The van der Waals surface area contributed by atoms with Crippen LogP contribution < -0.4 is 0 Å². The van der Waals surface area contributed by atoms with E-state index in [0.717, 1.165) is 36.5 Å². The summed E-state index contributed by atoms with van der Waals surface area (Å²) in [6.07, 6.45) is 14.2. The molecule has 0 aromatic heterocycles. The molecule has 2 saturated heterocycles. The second kappa shape index (κ2) is 6.24. The summed E-state index contributed by atoms with van der Waals surface area (Å²) in [5, 5.41) is 10.4. The van der Waals surface area contributed by atoms with Gasteiger partial charge in [0, 0.05) is 23.9 Å². The third kappa shape index (κ3) is 2.17. The first kappa shape index (κ1) is 20.9. The Hall–Kier alpha value is -0.380. The smallest absolute Gasteiger partial charge is 0.0784 e. The Balaban J connectivity index is 1.23. The van der Waals surface area contributed by atoms with Crippen LogP contribution in [0, 0.1) is 45.8 Å². The lowest BCUT2D eigenvalue weighted by Crippen LogP contribution is -2.71. The number of piperidine rings is 1. The number of aliphatic hydroxyl groups excluding tert-OH is 1. The summed E-state index contributed by atoms with van der Waals surface area (Å²) in [5.41, 5.74) is 2.99. The van der Waals surface area contributed by atoms with Crippen LogP contribution in [-0.4, -0.2) is 47.4 Å². The highest BCUT2D eigenvalue weighted by molar-refractivity contribution is 5.34. The minimum absolute atomic E-state index is 0.0977. The quantitative estimate of drug-likeness (QED) is 0.511. The third-order valence-electron chi connectivity index (χ3n) is 13.2. The Bertz CT molecular complexity index is 869. The Morgan fingerprint density at radius 3 is 2.72 bits per heavy atom. The van der Waals surface area contributed by atoms with E-state index < -0.39 is 0 Å². The molecule has 8 rings (SSSR count). The van der Waals surface area contributed by atoms with Gasteiger partial charge in [0.15, 0.2) is 0 Å². The highest BCUT2D eigenvalue weighted by atomic mass is 16.5. The molecule has 7 fully saturated rings. The summed E-state index contributed by atoms with van der Waals surface area (Å²) in [6.45, 7) is 11.4. The zero-order valence-electron chi connectivity index (χ0n) is 21.1. The van der Waals surface area contributed by atoms with Gasteiger partial charge < -0.3 is 14.7 Å². The van der Waals surface area contributed by atoms with Crippen LogP contribution in [0.2, 0.25) is 0 Å². The van der Waals surface area contributed by atoms with Gasteiger partial charge in [-0.25, -0.2) is 0 Å². The van der Waals surface area contributed by atoms with Crippen molar-refractivity contribution >= 4 is 0 Å². The first-order chi connectivity index (χ1) is 15.1. The molecular weight excluding hydrogens is 394 g/mol. The van der Waals surface area contributed by atoms with Gasteiger partial charge in [0.25, 0.3) is 0 Å². The average Bonchev–Trinajstić information content (AvgIpc) is 3.17. The molecule has 2 bridgehead atoms. The Morgan fingerprint density at radius 2 is 1.91 bits per heavy atom. The van der Waals surface area contributed by atoms with Crippen molar-refractivity contribution in [2.75, 3.05) is 13.6 Å². The molecule has 0 aromatic rings. The van der Waals surface area contributed by atoms with Crippen LogP contribution in [0.1, 0.15) is 85.5 Å². The second-order valence-corrected chi connectivity index (χ2v) is 14.2. The summed E-state index contributed by atoms with van der Waals surface area (Å²) in [7, 11) is 2.36. The number of ether oxygens (including phenoxy) is 1. The largest absolute Gasteiger partial charge is 0.393 e. The molecule has 3 nitrogen and oxygen atoms in total. The molecule has 32 heavy (non-hydrogen) atoms. The fourth-order valence-corrected chi connectivity index (χ4v) is 12.0. The molecule has 0 radical (unpaired) electrons. The van der Waals surface area contributed by atoms with Crippen molar-refractivity contribution in [1.29, 1.82) is 0 Å². The van der Waals surface area contributed by atoms with Crippen LogP contribution in [0.15, 0.2) is 11.6 Å². The minimum atomic E-state index is -0.0994. The van der Waals surface area contributed by atoms with E-state index in [0.29, 0.717) is 34.3 Å². The van der Waals surface area contributed by atoms with Crippen molar-refractivity contribution in [3.63, 3.8) is 0 Å². The van der Waals surface area contributed by atoms with Crippen molar-refractivity contribution < 1.29 is 9.84 Å². The molecule has 0 aromatic carbocycles. The van der Waals surface area contributed by atoms with Crippen LogP contribution in [-0.2, 0) is 4.74 Å². The predicted octanol–water partition coefficient (Wildman–Crippen LogP) is 5.42. The van der Waals surface area contributed by atoms with Crippen LogP contribution in [0.25, 0.3) is 0 Å². The molecule has 3 heteroatoms. The molecule has 3 unspecified atom stereocenters. The highest BCUT2D eigenvalue weighted by Crippen LogP contribution is 2.84. The minimum Gasteiger partial charge on any atom is -0.393 e. The molecule has 12 atom stereocenters. The lowest BCUT2D eigenvalue weighted by atomic mass is 9.33. The Kier molecular flexibility index (Phi) is 4.08. The number of allylic oxidation sites excluding steroid dienone is 1. The second-order valence-electron chi connectivity index (χ2n) is 14.2. The Morgan fingerprint density at radius 1 is 1.09 bits per heavy atom. The number of hydrogen-bond donors (Lipinski definition) is 1. The van der Waals surface area contributed by atoms with Crippen LogP contribution >= 0.6 is 0 Å². The van der Waals surface area contributed by atoms with Gasteiger partial charge in [0.2, 0.25) is 0 Å². The normalized spacial score (nSPS) is 63.1. The number of hydrogen-bond acceptors (Lipinski definition) is 3. The molecule has 178 valence electrons. The number of likely N-dealkylation sites (N-methyl/N-ethyl adjacent to an activating group) is 1. The van der Waals surface area contributed by atoms with Gasteiger partial charge in [-0.05, 0) is 99.3 Å². The van der Waals surface area contributed by atoms with Crippen LogP contribution in [0.5, 0.6) is 0 Å². The fourth-order valence-electron chi connectivity index (χ4n) is 12.0. The summed E-state index contributed by atoms with van der Waals surface area (Å²) < 4.78 is 7.32. The number of aliphatic hydroxyl groups is 1. The summed E-state index contributed by atoms with van der Waals surface area (Å²) in [6, 6.07) is 0.616. The van der Waals surface area contributed by atoms with Crippen molar-refractivity contribution in [2.45, 2.75) is 109 Å². The molecule has 2 aliphatic heterocycles. The molecule has 1 N–H and O–H groups in total. The molecule has 0 amide bonds. The van der Waals surface area contributed by atoms with Crippen molar-refractivity contribution in [1.82, 2.24) is 4.90 Å². The van der Waals surface area contributed by atoms with E-state index in [1.807, 2.05) is 0 Å². The van der Waals surface area contributed by atoms with Gasteiger partial charge in [-0.2, -0.15) is 0 Å². The van der Waals surface area contributed by atoms with Crippen molar-refractivity contribution in [3.05, 3.63) is 11.6 Å². The number of rotatable bonds is 0. The summed E-state index contributed by atoms with van der Waals surface area (Å²) in [5.74, 6) is 3.95. The summed E-state index contributed by atoms with van der Waals surface area (Å²) in [4.78, 5) is 2.65. The van der Waals surface area contributed by atoms with Crippen LogP contribution in [0.3, 0.4) is 0 Å². The maximum absolute atomic E-state index is 10.4. The van der Waals surface area contributed by atoms with Crippen molar-refractivity contribution in [3.8, 4) is 0 Å². The lowest BCUT2D eigenvalue weighted by molar-refractivity contribution is -0.294. The van der Waals surface area contributed by atoms with Gasteiger partial charge in [-0.15, -0.1) is 0 Å². The van der Waals surface area contributed by atoms with E-state index in [1.54, 1.807) is 5.57 Å². The highest BCUT2D eigenvalue weighted by Gasteiger charge is 2.81. The van der Waals surface area contributed by atoms with E-state index in [2.05, 4.69) is 45.7 Å². The number of fused-ring (bicyclic) bond motifs is 5. The zero-order chi connectivity index (χ0) is 22.3. The SMILES string of the molecule is C[C@H]1C[C@H]2O[C@]3(CCC45CC3(C)C4C[C@H]3[C@H]5CC=C4C[C@@H](O)CC[C@@]43C)[C@H](C)[C@@H]2N(C)C1. The van der Waals surface area contributed by atoms with Crippen LogP contribution in [0.4, 0.5) is 0 Å². The zero-order valence-corrected chi connectivity index (χ0v) is 21.1. The Labute approximate surface area is 195 Å². The van der Waals surface area contributed by atoms with Gasteiger partial charge in [-0.3, -0.25) is 0 Å². The van der Waals surface area contributed by atoms with E-state index in [4.69, 9.17) is 4.74 Å². The third-order valence-corrected chi connectivity index (χ3v) is 13.2. The number of nitrogens with zero attached hydrogens (tertiary/aromatic N) is 1. The van der Waals surface area contributed by atoms with E-state index >= 15 is 0 Å². The number of likely N-dealkylation sites (tertiary alicyclic amines) is 1. The maximum Gasteiger partial charge on any atom is 0.0784 e. The average molecular weight is 440 g/mol. The van der Waals surface area contributed by atoms with Gasteiger partial charge in [-0.1, -0.05) is 39.3 Å². The summed E-state index contributed by atoms with van der Waals surface area (Å²) >= 11 is 0.